The molecule has 4 atom stereocenters. The number of phenols is 1. The van der Waals surface area contributed by atoms with Gasteiger partial charge in [0.2, 0.25) is 11.8 Å². The Morgan fingerprint density at radius 2 is 1.59 bits per heavy atom. The largest absolute Gasteiger partial charge is 0.504 e. The van der Waals surface area contributed by atoms with E-state index in [2.05, 4.69) is 0 Å². The van der Waals surface area contributed by atoms with E-state index in [0.717, 1.165) is 16.7 Å². The summed E-state index contributed by atoms with van der Waals surface area (Å²) in [6.45, 7) is 1.61. The molecule has 0 bridgehead atoms. The number of hydrogen-bond acceptors (Lipinski definition) is 8. The standard InChI is InChI=1S/C40H35NO8/c1-21-18-31(42)36-30(37(21)43)20-29-26(34(36)27-6-5-7-33(49-4)38(27)44)15-16-28-35(29)40(46)41(39(28)45)24-12-9-22(10-13-24)8-11-23-19-25(47-2)14-17-32(23)48-3/h5-15,17-19,28-29,34-35,44H,16,20H2,1-4H3/t28-,29+,34+,35-/m0/s1. The molecule has 3 aromatic carbocycles. The second kappa shape index (κ2) is 12.4. The molecule has 9 nitrogen and oxygen atoms in total. The number of carbonyl (C=O) groups is 4. The maximum Gasteiger partial charge on any atom is 0.238 e. The van der Waals surface area contributed by atoms with Crippen LogP contribution >= 0.6 is 0 Å². The average molecular weight is 658 g/mol. The molecule has 3 aliphatic carbocycles. The predicted molar refractivity (Wildman–Crippen MR) is 183 cm³/mol. The van der Waals surface area contributed by atoms with Gasteiger partial charge in [0.1, 0.15) is 11.5 Å². The Morgan fingerprint density at radius 1 is 0.837 bits per heavy atom. The van der Waals surface area contributed by atoms with Gasteiger partial charge in [-0.3, -0.25) is 24.1 Å². The molecule has 3 aromatic rings. The van der Waals surface area contributed by atoms with Gasteiger partial charge in [-0.1, -0.05) is 48.1 Å². The number of fused-ring (bicyclic) bond motifs is 3. The van der Waals surface area contributed by atoms with Crippen LogP contribution in [0.4, 0.5) is 5.69 Å². The molecule has 1 fully saturated rings. The minimum Gasteiger partial charge on any atom is -0.504 e. The Hall–Kier alpha value is -5.70. The Bertz CT molecular complexity index is 2050. The molecule has 0 radical (unpaired) electrons. The number of phenolic OH excluding ortho intramolecular Hbond substituents is 1. The molecule has 0 unspecified atom stereocenters. The van der Waals surface area contributed by atoms with E-state index >= 15 is 0 Å². The van der Waals surface area contributed by atoms with Crippen molar-refractivity contribution in [3.63, 3.8) is 0 Å². The summed E-state index contributed by atoms with van der Waals surface area (Å²) in [7, 11) is 4.64. The normalized spacial score (nSPS) is 23.2. The molecular weight excluding hydrogens is 622 g/mol. The van der Waals surface area contributed by atoms with Crippen molar-refractivity contribution in [2.75, 3.05) is 26.2 Å². The number of hydrogen-bond donors (Lipinski definition) is 1. The summed E-state index contributed by atoms with van der Waals surface area (Å²) in [5.41, 5.74) is 4.29. The van der Waals surface area contributed by atoms with E-state index in [-0.39, 0.29) is 41.3 Å². The highest BCUT2D eigenvalue weighted by molar-refractivity contribution is 6.25. The van der Waals surface area contributed by atoms with Gasteiger partial charge in [-0.2, -0.15) is 0 Å². The first kappa shape index (κ1) is 31.9. The highest BCUT2D eigenvalue weighted by Crippen LogP contribution is 2.57. The van der Waals surface area contributed by atoms with Gasteiger partial charge in [0, 0.05) is 33.8 Å². The van der Waals surface area contributed by atoms with Crippen LogP contribution in [-0.4, -0.2) is 49.8 Å². The van der Waals surface area contributed by atoms with Gasteiger partial charge in [-0.15, -0.1) is 0 Å². The smallest absolute Gasteiger partial charge is 0.238 e. The van der Waals surface area contributed by atoms with Gasteiger partial charge in [0.05, 0.1) is 38.9 Å². The second-order valence-corrected chi connectivity index (χ2v) is 12.7. The van der Waals surface area contributed by atoms with Crippen LogP contribution in [-0.2, 0) is 19.2 Å². The van der Waals surface area contributed by atoms with E-state index in [1.807, 2.05) is 48.6 Å². The van der Waals surface area contributed by atoms with Crippen molar-refractivity contribution in [2.45, 2.75) is 25.7 Å². The first-order chi connectivity index (χ1) is 23.7. The van der Waals surface area contributed by atoms with Crippen molar-refractivity contribution in [1.29, 1.82) is 0 Å². The maximum absolute atomic E-state index is 14.3. The van der Waals surface area contributed by atoms with Crippen LogP contribution in [0.5, 0.6) is 23.0 Å². The van der Waals surface area contributed by atoms with Crippen LogP contribution in [0.1, 0.15) is 42.4 Å². The molecule has 0 spiro atoms. The van der Waals surface area contributed by atoms with E-state index in [1.54, 1.807) is 51.5 Å². The summed E-state index contributed by atoms with van der Waals surface area (Å²) in [4.78, 5) is 56.6. The van der Waals surface area contributed by atoms with Crippen LogP contribution in [0.3, 0.4) is 0 Å². The van der Waals surface area contributed by atoms with E-state index < -0.39 is 23.7 Å². The lowest BCUT2D eigenvalue weighted by Gasteiger charge is -2.42. The molecule has 4 aliphatic rings. The summed E-state index contributed by atoms with van der Waals surface area (Å²) < 4.78 is 16.2. The molecule has 2 amide bonds. The van der Waals surface area contributed by atoms with Gasteiger partial charge in [0.25, 0.3) is 0 Å². The summed E-state index contributed by atoms with van der Waals surface area (Å²) >= 11 is 0. The van der Waals surface area contributed by atoms with Crippen molar-refractivity contribution in [2.24, 2.45) is 17.8 Å². The average Bonchev–Trinajstić information content (AvgIpc) is 3.38. The molecule has 1 saturated heterocycles. The first-order valence-corrected chi connectivity index (χ1v) is 16.1. The van der Waals surface area contributed by atoms with Gasteiger partial charge >= 0.3 is 0 Å². The van der Waals surface area contributed by atoms with E-state index in [4.69, 9.17) is 14.2 Å². The third-order valence-electron chi connectivity index (χ3n) is 10.2. The third kappa shape index (κ3) is 5.17. The van der Waals surface area contributed by atoms with Crippen molar-refractivity contribution in [3.05, 3.63) is 112 Å². The highest BCUT2D eigenvalue weighted by Gasteiger charge is 2.56. The number of rotatable bonds is 7. The van der Waals surface area contributed by atoms with Crippen molar-refractivity contribution < 1.29 is 38.5 Å². The lowest BCUT2D eigenvalue weighted by atomic mass is 9.59. The van der Waals surface area contributed by atoms with Gasteiger partial charge in [0.15, 0.2) is 23.1 Å². The molecule has 1 heterocycles. The number of nitrogens with zero attached hydrogens (tertiary/aromatic N) is 1. The number of methoxy groups -OCH3 is 3. The number of carbonyl (C=O) groups excluding carboxylic acids is 4. The number of amides is 2. The SMILES string of the molecule is COc1ccc(OC)c(C=Cc2ccc(N3C(=O)[C@H]4[C@H](CC=C5[C@H](c6cccc(OC)c6O)C6=C(C[C@H]54)C(=O)C(C)=CC6=O)C3=O)cc2)c1. The number of para-hydroxylation sites is 1. The van der Waals surface area contributed by atoms with Crippen molar-refractivity contribution >= 4 is 41.2 Å². The third-order valence-corrected chi connectivity index (χ3v) is 10.2. The molecule has 0 aromatic heterocycles. The fourth-order valence-corrected chi connectivity index (χ4v) is 7.82. The fourth-order valence-electron chi connectivity index (χ4n) is 7.82. The Morgan fingerprint density at radius 3 is 2.31 bits per heavy atom. The fraction of sp³-hybridized carbons (Fsp3) is 0.250. The maximum atomic E-state index is 14.3. The minimum absolute atomic E-state index is 0.133. The monoisotopic (exact) mass is 657 g/mol. The number of ether oxygens (including phenoxy) is 3. The van der Waals surface area contributed by atoms with Crippen molar-refractivity contribution in [3.8, 4) is 23.0 Å². The molecule has 248 valence electrons. The van der Waals surface area contributed by atoms with Crippen LogP contribution in [0.2, 0.25) is 0 Å². The summed E-state index contributed by atoms with van der Waals surface area (Å²) in [5, 5.41) is 11.2. The van der Waals surface area contributed by atoms with Crippen LogP contribution in [0, 0.1) is 17.8 Å². The second-order valence-electron chi connectivity index (χ2n) is 12.7. The number of allylic oxidation sites excluding steroid dienone is 6. The van der Waals surface area contributed by atoms with Gasteiger partial charge < -0.3 is 19.3 Å². The molecule has 1 N–H and O–H groups in total. The number of anilines is 1. The predicted octanol–water partition coefficient (Wildman–Crippen LogP) is 6.22. The van der Waals surface area contributed by atoms with E-state index in [9.17, 15) is 24.3 Å². The zero-order chi connectivity index (χ0) is 34.6. The lowest BCUT2D eigenvalue weighted by molar-refractivity contribution is -0.123. The van der Waals surface area contributed by atoms with Gasteiger partial charge in [-0.25, -0.2) is 0 Å². The van der Waals surface area contributed by atoms with Crippen molar-refractivity contribution in [1.82, 2.24) is 0 Å². The highest BCUT2D eigenvalue weighted by atomic mass is 16.5. The number of aromatic hydroxyl groups is 1. The van der Waals surface area contributed by atoms with Crippen LogP contribution in [0.15, 0.2) is 95.1 Å². The lowest BCUT2D eigenvalue weighted by Crippen LogP contribution is -2.39. The summed E-state index contributed by atoms with van der Waals surface area (Å²) in [6, 6.07) is 17.7. The molecular formula is C40H35NO8. The van der Waals surface area contributed by atoms with E-state index in [1.165, 1.54) is 18.1 Å². The quantitative estimate of drug-likeness (QED) is 0.138. The topological polar surface area (TPSA) is 119 Å². The molecule has 9 heteroatoms. The molecule has 1 aliphatic heterocycles. The zero-order valence-electron chi connectivity index (χ0n) is 27.6. The number of imide groups is 1. The summed E-state index contributed by atoms with van der Waals surface area (Å²) in [6.07, 6.45) is 7.53. The zero-order valence-corrected chi connectivity index (χ0v) is 27.6. The van der Waals surface area contributed by atoms with Crippen LogP contribution in [0.25, 0.3) is 12.2 Å². The molecule has 0 saturated carbocycles. The number of Topliss-reactive ketones (excluding diaryl/α,β-unsaturated/α-hetero) is 1. The number of benzene rings is 3. The Balaban J connectivity index is 1.22. The summed E-state index contributed by atoms with van der Waals surface area (Å²) in [5.74, 6) is -2.33. The first-order valence-electron chi connectivity index (χ1n) is 16.1. The molecule has 49 heavy (non-hydrogen) atoms. The minimum atomic E-state index is -0.767. The number of ketones is 2. The van der Waals surface area contributed by atoms with E-state index in [0.29, 0.717) is 45.9 Å². The molecule has 7 rings (SSSR count). The Kier molecular flexibility index (Phi) is 8.06. The van der Waals surface area contributed by atoms with Gasteiger partial charge in [-0.05, 0) is 73.7 Å². The Labute approximate surface area is 283 Å². The van der Waals surface area contributed by atoms with Crippen LogP contribution < -0.4 is 19.1 Å².